The fourth-order valence-electron chi connectivity index (χ4n) is 0.881. The quantitative estimate of drug-likeness (QED) is 0.622. The van der Waals surface area contributed by atoms with Crippen LogP contribution in [0, 0.1) is 0 Å². The minimum absolute atomic E-state index is 0.0738. The highest BCUT2D eigenvalue weighted by Crippen LogP contribution is 2.09. The van der Waals surface area contributed by atoms with Gasteiger partial charge in [-0.2, -0.15) is 0 Å². The molecule has 0 amide bonds. The third-order valence-corrected chi connectivity index (χ3v) is 1.66. The Morgan fingerprint density at radius 1 is 1.55 bits per heavy atom. The van der Waals surface area contributed by atoms with Gasteiger partial charge in [-0.25, -0.2) is 0 Å². The lowest BCUT2D eigenvalue weighted by Crippen LogP contribution is -1.92. The minimum Gasteiger partial charge on any atom is -0.461 e. The van der Waals surface area contributed by atoms with Crippen molar-refractivity contribution < 1.29 is 9.21 Å². The third kappa shape index (κ3) is 1.70. The first-order valence-corrected chi connectivity index (χ1v) is 3.88. The average Bonchev–Trinajstić information content (AvgIpc) is 2.50. The second-order valence-corrected chi connectivity index (χ2v) is 2.45. The van der Waals surface area contributed by atoms with Crippen molar-refractivity contribution in [3.05, 3.63) is 23.7 Å². The molecule has 1 rings (SSSR count). The van der Waals surface area contributed by atoms with Gasteiger partial charge in [0.25, 0.3) is 0 Å². The number of hydrogen-bond donors (Lipinski definition) is 0. The van der Waals surface area contributed by atoms with Crippen LogP contribution in [-0.2, 0) is 6.42 Å². The van der Waals surface area contributed by atoms with E-state index in [4.69, 9.17) is 4.42 Å². The summed E-state index contributed by atoms with van der Waals surface area (Å²) in [5.74, 6) is 0.564. The van der Waals surface area contributed by atoms with Gasteiger partial charge in [-0.1, -0.05) is 13.8 Å². The second kappa shape index (κ2) is 3.37. The molecule has 0 aliphatic heterocycles. The van der Waals surface area contributed by atoms with E-state index in [2.05, 4.69) is 0 Å². The zero-order chi connectivity index (χ0) is 8.27. The van der Waals surface area contributed by atoms with Gasteiger partial charge in [0.15, 0.2) is 11.5 Å². The summed E-state index contributed by atoms with van der Waals surface area (Å²) in [6.07, 6.45) is 3.07. The van der Waals surface area contributed by atoms with Gasteiger partial charge in [0.2, 0.25) is 0 Å². The molecule has 2 heteroatoms. The topological polar surface area (TPSA) is 30.2 Å². The molecule has 2 nitrogen and oxygen atoms in total. The molecule has 0 saturated heterocycles. The molecule has 1 aromatic rings. The van der Waals surface area contributed by atoms with Gasteiger partial charge in [0, 0.05) is 6.42 Å². The molecular weight excluding hydrogens is 140 g/mol. The lowest BCUT2D eigenvalue weighted by molar-refractivity contribution is 0.0961. The maximum atomic E-state index is 11.0. The first-order valence-electron chi connectivity index (χ1n) is 3.88. The van der Waals surface area contributed by atoms with Crippen LogP contribution in [0.5, 0.6) is 0 Å². The number of Topliss-reactive ketones (excluding diaryl/α,β-unsaturated/α-hetero) is 1. The Hall–Kier alpha value is -1.05. The molecule has 0 fully saturated rings. The number of ketones is 1. The van der Waals surface area contributed by atoms with E-state index in [1.54, 1.807) is 6.26 Å². The number of aryl methyl sites for hydroxylation is 1. The van der Waals surface area contributed by atoms with Crippen molar-refractivity contribution in [2.24, 2.45) is 0 Å². The van der Waals surface area contributed by atoms with Crippen molar-refractivity contribution in [2.45, 2.75) is 26.7 Å². The first kappa shape index (κ1) is 8.05. The van der Waals surface area contributed by atoms with Gasteiger partial charge in [-0.05, 0) is 18.1 Å². The molecular formula is C9H12O2. The van der Waals surface area contributed by atoms with Crippen LogP contribution in [0.3, 0.4) is 0 Å². The minimum atomic E-state index is 0.0738. The molecule has 0 spiro atoms. The van der Waals surface area contributed by atoms with Gasteiger partial charge in [-0.15, -0.1) is 0 Å². The van der Waals surface area contributed by atoms with Gasteiger partial charge in [0.1, 0.15) is 0 Å². The predicted octanol–water partition coefficient (Wildman–Crippen LogP) is 2.43. The van der Waals surface area contributed by atoms with Crippen LogP contribution < -0.4 is 0 Å². The van der Waals surface area contributed by atoms with Crippen LogP contribution in [0.25, 0.3) is 0 Å². The normalized spacial score (nSPS) is 10.0. The Morgan fingerprint density at radius 2 is 2.27 bits per heavy atom. The molecule has 0 aromatic carbocycles. The second-order valence-electron chi connectivity index (χ2n) is 2.45. The summed E-state index contributed by atoms with van der Waals surface area (Å²) in [5.41, 5.74) is 1.09. The van der Waals surface area contributed by atoms with Crippen molar-refractivity contribution in [1.82, 2.24) is 0 Å². The van der Waals surface area contributed by atoms with Crippen molar-refractivity contribution in [3.63, 3.8) is 0 Å². The fraction of sp³-hybridized carbons (Fsp3) is 0.444. The standard InChI is InChI=1S/C9H12O2/c1-3-7-5-9(11-6-7)8(10)4-2/h5-6H,3-4H2,1-2H3. The summed E-state index contributed by atoms with van der Waals surface area (Å²) in [6.45, 7) is 3.86. The van der Waals surface area contributed by atoms with Crippen LogP contribution in [-0.4, -0.2) is 5.78 Å². The van der Waals surface area contributed by atoms with E-state index in [1.165, 1.54) is 0 Å². The maximum Gasteiger partial charge on any atom is 0.197 e. The molecule has 11 heavy (non-hydrogen) atoms. The van der Waals surface area contributed by atoms with E-state index in [1.807, 2.05) is 19.9 Å². The Balaban J connectivity index is 2.80. The van der Waals surface area contributed by atoms with Crippen molar-refractivity contribution in [3.8, 4) is 0 Å². The molecule has 1 heterocycles. The lowest BCUT2D eigenvalue weighted by atomic mass is 10.2. The molecule has 0 saturated carbocycles. The van der Waals surface area contributed by atoms with E-state index in [9.17, 15) is 4.79 Å². The maximum absolute atomic E-state index is 11.0. The molecule has 0 unspecified atom stereocenters. The number of furan rings is 1. The van der Waals surface area contributed by atoms with E-state index < -0.39 is 0 Å². The summed E-state index contributed by atoms with van der Waals surface area (Å²) in [6, 6.07) is 1.81. The zero-order valence-electron chi connectivity index (χ0n) is 6.89. The molecule has 0 aliphatic carbocycles. The van der Waals surface area contributed by atoms with E-state index in [0.717, 1.165) is 12.0 Å². The van der Waals surface area contributed by atoms with Gasteiger partial charge < -0.3 is 4.42 Å². The molecule has 0 atom stereocenters. The Kier molecular flexibility index (Phi) is 2.47. The number of hydrogen-bond acceptors (Lipinski definition) is 2. The lowest BCUT2D eigenvalue weighted by Gasteiger charge is -1.86. The first-order chi connectivity index (χ1) is 5.27. The van der Waals surface area contributed by atoms with E-state index in [-0.39, 0.29) is 5.78 Å². The molecule has 0 aliphatic rings. The van der Waals surface area contributed by atoms with E-state index >= 15 is 0 Å². The summed E-state index contributed by atoms with van der Waals surface area (Å²) < 4.78 is 5.06. The van der Waals surface area contributed by atoms with Crippen LogP contribution in [0.2, 0.25) is 0 Å². The largest absolute Gasteiger partial charge is 0.461 e. The van der Waals surface area contributed by atoms with Crippen LogP contribution >= 0.6 is 0 Å². The Morgan fingerprint density at radius 3 is 2.73 bits per heavy atom. The van der Waals surface area contributed by atoms with Gasteiger partial charge in [0.05, 0.1) is 6.26 Å². The summed E-state index contributed by atoms with van der Waals surface area (Å²) in [4.78, 5) is 11.0. The number of carbonyl (C=O) groups is 1. The molecule has 60 valence electrons. The highest BCUT2D eigenvalue weighted by atomic mass is 16.3. The zero-order valence-corrected chi connectivity index (χ0v) is 6.89. The fourth-order valence-corrected chi connectivity index (χ4v) is 0.881. The molecule has 0 bridgehead atoms. The van der Waals surface area contributed by atoms with Gasteiger partial charge in [-0.3, -0.25) is 4.79 Å². The van der Waals surface area contributed by atoms with Crippen LogP contribution in [0.1, 0.15) is 36.4 Å². The smallest absolute Gasteiger partial charge is 0.197 e. The van der Waals surface area contributed by atoms with Crippen molar-refractivity contribution in [1.29, 1.82) is 0 Å². The monoisotopic (exact) mass is 152 g/mol. The number of rotatable bonds is 3. The number of carbonyl (C=O) groups excluding carboxylic acids is 1. The Bertz CT molecular complexity index is 248. The Labute approximate surface area is 66.2 Å². The molecule has 0 N–H and O–H groups in total. The van der Waals surface area contributed by atoms with Crippen LogP contribution in [0.15, 0.2) is 16.7 Å². The third-order valence-electron chi connectivity index (χ3n) is 1.66. The SMILES string of the molecule is CCC(=O)c1cc(CC)co1. The highest BCUT2D eigenvalue weighted by Gasteiger charge is 2.06. The highest BCUT2D eigenvalue weighted by molar-refractivity contribution is 5.93. The summed E-state index contributed by atoms with van der Waals surface area (Å²) in [5, 5.41) is 0. The predicted molar refractivity (Wildman–Crippen MR) is 42.7 cm³/mol. The van der Waals surface area contributed by atoms with Crippen molar-refractivity contribution >= 4 is 5.78 Å². The van der Waals surface area contributed by atoms with Crippen molar-refractivity contribution in [2.75, 3.05) is 0 Å². The molecule has 0 radical (unpaired) electrons. The van der Waals surface area contributed by atoms with E-state index in [0.29, 0.717) is 12.2 Å². The van der Waals surface area contributed by atoms with Gasteiger partial charge >= 0.3 is 0 Å². The molecule has 1 aromatic heterocycles. The summed E-state index contributed by atoms with van der Waals surface area (Å²) in [7, 11) is 0. The average molecular weight is 152 g/mol. The van der Waals surface area contributed by atoms with Crippen LogP contribution in [0.4, 0.5) is 0 Å². The summed E-state index contributed by atoms with van der Waals surface area (Å²) >= 11 is 0.